The number of urea groups is 1. The van der Waals surface area contributed by atoms with Crippen molar-refractivity contribution in [3.8, 4) is 0 Å². The van der Waals surface area contributed by atoms with Gasteiger partial charge in [0.25, 0.3) is 5.56 Å². The average molecular weight is 335 g/mol. The molecule has 1 fully saturated rings. The molecule has 0 bridgehead atoms. The van der Waals surface area contributed by atoms with E-state index in [-0.39, 0.29) is 17.6 Å². The van der Waals surface area contributed by atoms with Crippen molar-refractivity contribution in [2.24, 2.45) is 5.92 Å². The van der Waals surface area contributed by atoms with Crippen LogP contribution in [0, 0.1) is 12.8 Å². The lowest BCUT2D eigenvalue weighted by Gasteiger charge is -2.28. The van der Waals surface area contributed by atoms with Gasteiger partial charge in [0, 0.05) is 44.1 Å². The third-order valence-corrected chi connectivity index (χ3v) is 4.69. The van der Waals surface area contributed by atoms with Crippen LogP contribution in [0.4, 0.5) is 4.79 Å². The molecule has 1 saturated heterocycles. The summed E-state index contributed by atoms with van der Waals surface area (Å²) in [6.07, 6.45) is 3.72. The van der Waals surface area contributed by atoms with Gasteiger partial charge in [0.1, 0.15) is 0 Å². The number of amides is 2. The molecule has 6 heteroatoms. The molecule has 0 spiro atoms. The summed E-state index contributed by atoms with van der Waals surface area (Å²) < 4.78 is 7.12. The van der Waals surface area contributed by atoms with Gasteiger partial charge in [-0.15, -0.1) is 0 Å². The second-order valence-electron chi connectivity index (χ2n) is 6.50. The van der Waals surface area contributed by atoms with Gasteiger partial charge in [-0.2, -0.15) is 0 Å². The first kappa shape index (κ1) is 18.5. The first-order valence-corrected chi connectivity index (χ1v) is 8.86. The highest BCUT2D eigenvalue weighted by atomic mass is 16.5. The predicted molar refractivity (Wildman–Crippen MR) is 94.2 cm³/mol. The normalized spacial score (nSPS) is 16.6. The van der Waals surface area contributed by atoms with Crippen molar-refractivity contribution in [1.82, 2.24) is 15.2 Å². The Kier molecular flexibility index (Phi) is 7.31. The highest BCUT2D eigenvalue weighted by Crippen LogP contribution is 2.18. The molecule has 0 aromatic carbocycles. The van der Waals surface area contributed by atoms with Crippen molar-refractivity contribution >= 4 is 6.03 Å². The van der Waals surface area contributed by atoms with Crippen molar-refractivity contribution < 1.29 is 9.53 Å². The van der Waals surface area contributed by atoms with Crippen molar-refractivity contribution in [2.75, 3.05) is 19.8 Å². The minimum Gasteiger partial charge on any atom is -0.381 e. The quantitative estimate of drug-likeness (QED) is 0.749. The summed E-state index contributed by atoms with van der Waals surface area (Å²) in [5, 5.41) is 5.92. The summed E-state index contributed by atoms with van der Waals surface area (Å²) in [5.74, 6) is 0.498. The van der Waals surface area contributed by atoms with Crippen LogP contribution in [0.1, 0.15) is 38.3 Å². The molecular weight excluding hydrogens is 306 g/mol. The van der Waals surface area contributed by atoms with Crippen molar-refractivity contribution in [2.45, 2.75) is 52.1 Å². The SMILES string of the molecule is Cc1cccc(=O)n1CCCCNC(=O)N[C@@H](C)C1CCOCC1. The maximum absolute atomic E-state index is 11.9. The second-order valence-corrected chi connectivity index (χ2v) is 6.50. The van der Waals surface area contributed by atoms with Crippen LogP contribution in [0.5, 0.6) is 0 Å². The Balaban J connectivity index is 1.61. The minimum atomic E-state index is -0.109. The Morgan fingerprint density at radius 1 is 1.33 bits per heavy atom. The molecule has 1 atom stereocenters. The number of carbonyl (C=O) groups is 1. The van der Waals surface area contributed by atoms with Gasteiger partial charge in [-0.3, -0.25) is 4.79 Å². The van der Waals surface area contributed by atoms with E-state index in [4.69, 9.17) is 4.74 Å². The smallest absolute Gasteiger partial charge is 0.315 e. The number of nitrogens with zero attached hydrogens (tertiary/aromatic N) is 1. The fourth-order valence-corrected chi connectivity index (χ4v) is 3.10. The fourth-order valence-electron chi connectivity index (χ4n) is 3.10. The molecule has 2 rings (SSSR count). The Labute approximate surface area is 143 Å². The molecule has 2 N–H and O–H groups in total. The molecule has 0 radical (unpaired) electrons. The number of pyridine rings is 1. The Morgan fingerprint density at radius 3 is 2.79 bits per heavy atom. The van der Waals surface area contributed by atoms with Gasteiger partial charge in [0.05, 0.1) is 0 Å². The minimum absolute atomic E-state index is 0.0333. The average Bonchev–Trinajstić information content (AvgIpc) is 2.57. The molecule has 0 aliphatic carbocycles. The van der Waals surface area contributed by atoms with E-state index in [0.29, 0.717) is 19.0 Å². The third-order valence-electron chi connectivity index (χ3n) is 4.69. The molecule has 134 valence electrons. The van der Waals surface area contributed by atoms with E-state index >= 15 is 0 Å². The zero-order valence-corrected chi connectivity index (χ0v) is 14.7. The highest BCUT2D eigenvalue weighted by Gasteiger charge is 2.21. The summed E-state index contributed by atoms with van der Waals surface area (Å²) in [5.41, 5.74) is 1.00. The molecule has 1 aromatic heterocycles. The fraction of sp³-hybridized carbons (Fsp3) is 0.667. The van der Waals surface area contributed by atoms with E-state index in [1.54, 1.807) is 16.7 Å². The van der Waals surface area contributed by atoms with Crippen LogP contribution in [-0.2, 0) is 11.3 Å². The Hall–Kier alpha value is -1.82. The van der Waals surface area contributed by atoms with Crippen molar-refractivity contribution in [3.05, 3.63) is 34.2 Å². The summed E-state index contributed by atoms with van der Waals surface area (Å²) in [6.45, 7) is 6.87. The van der Waals surface area contributed by atoms with Crippen LogP contribution in [0.3, 0.4) is 0 Å². The highest BCUT2D eigenvalue weighted by molar-refractivity contribution is 5.74. The van der Waals surface area contributed by atoms with E-state index in [0.717, 1.165) is 44.6 Å². The molecule has 2 amide bonds. The molecule has 24 heavy (non-hydrogen) atoms. The zero-order chi connectivity index (χ0) is 17.4. The molecule has 2 heterocycles. The molecule has 0 saturated carbocycles. The van der Waals surface area contributed by atoms with E-state index in [9.17, 15) is 9.59 Å². The molecule has 1 aromatic rings. The topological polar surface area (TPSA) is 72.4 Å². The van der Waals surface area contributed by atoms with Crippen molar-refractivity contribution in [1.29, 1.82) is 0 Å². The number of rotatable bonds is 7. The van der Waals surface area contributed by atoms with Crippen LogP contribution in [0.2, 0.25) is 0 Å². The number of ether oxygens (including phenoxy) is 1. The number of carbonyl (C=O) groups excluding carboxylic acids is 1. The number of hydrogen-bond acceptors (Lipinski definition) is 3. The lowest BCUT2D eigenvalue weighted by Crippen LogP contribution is -2.45. The summed E-state index contributed by atoms with van der Waals surface area (Å²) in [4.78, 5) is 23.7. The molecular formula is C18H29N3O3. The van der Waals surface area contributed by atoms with Gasteiger partial charge >= 0.3 is 6.03 Å². The first-order chi connectivity index (χ1) is 11.6. The number of hydrogen-bond donors (Lipinski definition) is 2. The van der Waals surface area contributed by atoms with E-state index < -0.39 is 0 Å². The number of unbranched alkanes of at least 4 members (excludes halogenated alkanes) is 1. The monoisotopic (exact) mass is 335 g/mol. The third kappa shape index (κ3) is 5.67. The second kappa shape index (κ2) is 9.47. The van der Waals surface area contributed by atoms with Crippen molar-refractivity contribution in [3.63, 3.8) is 0 Å². The van der Waals surface area contributed by atoms with Gasteiger partial charge in [0.2, 0.25) is 0 Å². The first-order valence-electron chi connectivity index (χ1n) is 8.86. The number of nitrogens with one attached hydrogen (secondary N) is 2. The summed E-state index contributed by atoms with van der Waals surface area (Å²) >= 11 is 0. The standard InChI is InChI=1S/C18H29N3O3/c1-14-6-5-7-17(22)21(14)11-4-3-10-19-18(23)20-15(2)16-8-12-24-13-9-16/h5-7,15-16H,3-4,8-13H2,1-2H3,(H2,19,20,23)/t15-/m0/s1. The van der Waals surface area contributed by atoms with E-state index in [2.05, 4.69) is 17.6 Å². The molecule has 1 aliphatic rings. The number of aryl methyl sites for hydroxylation is 1. The van der Waals surface area contributed by atoms with Gasteiger partial charge in [-0.05, 0) is 51.5 Å². The summed E-state index contributed by atoms with van der Waals surface area (Å²) in [7, 11) is 0. The van der Waals surface area contributed by atoms with Crippen LogP contribution in [-0.4, -0.2) is 36.4 Å². The maximum atomic E-state index is 11.9. The lowest BCUT2D eigenvalue weighted by molar-refractivity contribution is 0.0571. The number of aromatic nitrogens is 1. The van der Waals surface area contributed by atoms with Crippen LogP contribution in [0.25, 0.3) is 0 Å². The summed E-state index contributed by atoms with van der Waals surface area (Å²) in [6, 6.07) is 5.35. The van der Waals surface area contributed by atoms with E-state index in [1.807, 2.05) is 13.0 Å². The molecule has 0 unspecified atom stereocenters. The van der Waals surface area contributed by atoms with Crippen LogP contribution >= 0.6 is 0 Å². The molecule has 6 nitrogen and oxygen atoms in total. The van der Waals surface area contributed by atoms with Gasteiger partial charge < -0.3 is 19.9 Å². The van der Waals surface area contributed by atoms with Gasteiger partial charge in [0.15, 0.2) is 0 Å². The lowest BCUT2D eigenvalue weighted by atomic mass is 9.93. The van der Waals surface area contributed by atoms with Crippen LogP contribution < -0.4 is 16.2 Å². The maximum Gasteiger partial charge on any atom is 0.315 e. The molecule has 1 aliphatic heterocycles. The van der Waals surface area contributed by atoms with E-state index in [1.165, 1.54) is 0 Å². The largest absolute Gasteiger partial charge is 0.381 e. The Morgan fingerprint density at radius 2 is 2.08 bits per heavy atom. The zero-order valence-electron chi connectivity index (χ0n) is 14.7. The van der Waals surface area contributed by atoms with Gasteiger partial charge in [-0.25, -0.2) is 4.79 Å². The van der Waals surface area contributed by atoms with Gasteiger partial charge in [-0.1, -0.05) is 6.07 Å². The van der Waals surface area contributed by atoms with Crippen LogP contribution in [0.15, 0.2) is 23.0 Å². The Bertz CT molecular complexity index is 579. The predicted octanol–water partition coefficient (Wildman–Crippen LogP) is 2.05.